The summed E-state index contributed by atoms with van der Waals surface area (Å²) in [6, 6.07) is 15.2. The van der Waals surface area contributed by atoms with Crippen molar-refractivity contribution in [2.45, 2.75) is 18.7 Å². The minimum atomic E-state index is -0.137. The summed E-state index contributed by atoms with van der Waals surface area (Å²) in [5.41, 5.74) is 1.98. The van der Waals surface area contributed by atoms with Crippen molar-refractivity contribution in [1.82, 2.24) is 5.32 Å². The summed E-state index contributed by atoms with van der Waals surface area (Å²) in [7, 11) is 3.78. The van der Waals surface area contributed by atoms with Crippen LogP contribution in [0.25, 0.3) is 0 Å². The molecule has 0 aromatic heterocycles. The smallest absolute Gasteiger partial charge is 0.253 e. The lowest BCUT2D eigenvalue weighted by Gasteiger charge is -2.19. The average molecular weight is 386 g/mol. The maximum Gasteiger partial charge on any atom is 0.253 e. The molecule has 2 N–H and O–H groups in total. The van der Waals surface area contributed by atoms with Gasteiger partial charge in [0.1, 0.15) is 0 Å². The van der Waals surface area contributed by atoms with Crippen molar-refractivity contribution in [3.63, 3.8) is 0 Å². The number of nitrogens with one attached hydrogen (secondary N) is 2. The van der Waals surface area contributed by atoms with Crippen LogP contribution in [0.5, 0.6) is 0 Å². The fourth-order valence-corrected chi connectivity index (χ4v) is 3.16. The molecule has 0 radical (unpaired) electrons. The predicted molar refractivity (Wildman–Crippen MR) is 114 cm³/mol. The molecule has 2 rings (SSSR count). The zero-order valence-electron chi connectivity index (χ0n) is 16.3. The number of amides is 2. The number of anilines is 2. The maximum atomic E-state index is 12.6. The maximum absolute atomic E-state index is 12.6. The number of benzene rings is 2. The third-order valence-electron chi connectivity index (χ3n) is 3.79. The second-order valence-electron chi connectivity index (χ2n) is 6.88. The van der Waals surface area contributed by atoms with Gasteiger partial charge in [-0.3, -0.25) is 9.59 Å². The largest absolute Gasteiger partial charge is 0.377 e. The molecule has 2 amide bonds. The molecular formula is C21H27N3O2S. The van der Waals surface area contributed by atoms with Crippen molar-refractivity contribution in [1.29, 1.82) is 0 Å². The molecule has 0 saturated heterocycles. The molecule has 0 bridgehead atoms. The van der Waals surface area contributed by atoms with Crippen molar-refractivity contribution in [2.75, 3.05) is 36.6 Å². The molecule has 0 spiro atoms. The molecule has 27 heavy (non-hydrogen) atoms. The molecule has 0 heterocycles. The van der Waals surface area contributed by atoms with Gasteiger partial charge in [-0.05, 0) is 36.2 Å². The van der Waals surface area contributed by atoms with E-state index < -0.39 is 0 Å². The van der Waals surface area contributed by atoms with Crippen LogP contribution in [0.1, 0.15) is 24.2 Å². The Bertz CT molecular complexity index is 776. The number of rotatable bonds is 8. The summed E-state index contributed by atoms with van der Waals surface area (Å²) < 4.78 is 0. The van der Waals surface area contributed by atoms with E-state index in [4.69, 9.17) is 0 Å². The summed E-state index contributed by atoms with van der Waals surface area (Å²) in [5.74, 6) is 0.445. The molecule has 5 nitrogen and oxygen atoms in total. The van der Waals surface area contributed by atoms with E-state index in [-0.39, 0.29) is 11.8 Å². The Morgan fingerprint density at radius 3 is 2.41 bits per heavy atom. The SMILES string of the molecule is CC(C)CNC(=O)c1cc(NC(=O)CSc2ccccc2)ccc1N(C)C. The molecule has 0 aliphatic heterocycles. The minimum absolute atomic E-state index is 0.102. The molecule has 0 unspecified atom stereocenters. The van der Waals surface area contributed by atoms with E-state index >= 15 is 0 Å². The molecule has 2 aromatic carbocycles. The number of hydrogen-bond acceptors (Lipinski definition) is 4. The van der Waals surface area contributed by atoms with Gasteiger partial charge in [-0.15, -0.1) is 11.8 Å². The van der Waals surface area contributed by atoms with Crippen LogP contribution in [0.2, 0.25) is 0 Å². The molecule has 144 valence electrons. The van der Waals surface area contributed by atoms with E-state index in [0.29, 0.717) is 29.5 Å². The summed E-state index contributed by atoms with van der Waals surface area (Å²) >= 11 is 1.48. The highest BCUT2D eigenvalue weighted by Crippen LogP contribution is 2.24. The highest BCUT2D eigenvalue weighted by atomic mass is 32.2. The van der Waals surface area contributed by atoms with E-state index in [2.05, 4.69) is 10.6 Å². The van der Waals surface area contributed by atoms with Gasteiger partial charge in [0, 0.05) is 36.9 Å². The Labute approximate surface area is 165 Å². The first kappa shape index (κ1) is 20.8. The highest BCUT2D eigenvalue weighted by molar-refractivity contribution is 8.00. The normalized spacial score (nSPS) is 10.6. The van der Waals surface area contributed by atoms with Crippen molar-refractivity contribution >= 4 is 35.0 Å². The van der Waals surface area contributed by atoms with Crippen molar-refractivity contribution in [3.8, 4) is 0 Å². The fourth-order valence-electron chi connectivity index (χ4n) is 2.44. The van der Waals surface area contributed by atoms with Crippen molar-refractivity contribution in [3.05, 3.63) is 54.1 Å². The van der Waals surface area contributed by atoms with Gasteiger partial charge < -0.3 is 15.5 Å². The van der Waals surface area contributed by atoms with E-state index in [1.807, 2.05) is 75.3 Å². The molecule has 0 atom stereocenters. The fraction of sp³-hybridized carbons (Fsp3) is 0.333. The number of thioether (sulfide) groups is 1. The lowest BCUT2D eigenvalue weighted by Crippen LogP contribution is -2.29. The van der Waals surface area contributed by atoms with Gasteiger partial charge in [-0.25, -0.2) is 0 Å². The third kappa shape index (κ3) is 6.64. The Morgan fingerprint density at radius 1 is 1.07 bits per heavy atom. The van der Waals surface area contributed by atoms with Crippen LogP contribution in [0.4, 0.5) is 11.4 Å². The molecular weight excluding hydrogens is 358 g/mol. The van der Waals surface area contributed by atoms with E-state index in [0.717, 1.165) is 10.6 Å². The zero-order valence-corrected chi connectivity index (χ0v) is 17.1. The van der Waals surface area contributed by atoms with Crippen LogP contribution >= 0.6 is 11.8 Å². The molecule has 0 aliphatic carbocycles. The molecule has 2 aromatic rings. The highest BCUT2D eigenvalue weighted by Gasteiger charge is 2.15. The van der Waals surface area contributed by atoms with E-state index in [9.17, 15) is 9.59 Å². The van der Waals surface area contributed by atoms with Crippen LogP contribution in [0.3, 0.4) is 0 Å². The second-order valence-corrected chi connectivity index (χ2v) is 7.93. The number of nitrogens with zero attached hydrogens (tertiary/aromatic N) is 1. The monoisotopic (exact) mass is 385 g/mol. The predicted octanol–water partition coefficient (Wildman–Crippen LogP) is 3.87. The Hall–Kier alpha value is -2.47. The van der Waals surface area contributed by atoms with Gasteiger partial charge in [-0.2, -0.15) is 0 Å². The zero-order chi connectivity index (χ0) is 19.8. The van der Waals surface area contributed by atoms with Crippen LogP contribution in [-0.4, -0.2) is 38.2 Å². The lowest BCUT2D eigenvalue weighted by molar-refractivity contribution is -0.113. The van der Waals surface area contributed by atoms with Gasteiger partial charge >= 0.3 is 0 Å². The van der Waals surface area contributed by atoms with E-state index in [1.165, 1.54) is 11.8 Å². The van der Waals surface area contributed by atoms with Gasteiger partial charge in [-0.1, -0.05) is 32.0 Å². The summed E-state index contributed by atoms with van der Waals surface area (Å²) in [6.07, 6.45) is 0. The molecule has 6 heteroatoms. The first-order valence-electron chi connectivity index (χ1n) is 8.94. The number of carbonyl (C=O) groups is 2. The minimum Gasteiger partial charge on any atom is -0.377 e. The molecule has 0 saturated carbocycles. The van der Waals surface area contributed by atoms with Gasteiger partial charge in [0.25, 0.3) is 5.91 Å². The first-order chi connectivity index (χ1) is 12.9. The van der Waals surface area contributed by atoms with Crippen LogP contribution in [0.15, 0.2) is 53.4 Å². The topological polar surface area (TPSA) is 61.4 Å². The standard InChI is InChI=1S/C21H27N3O2S/c1-15(2)13-22-21(26)18-12-16(10-11-19(18)24(3)4)23-20(25)14-27-17-8-6-5-7-9-17/h5-12,15H,13-14H2,1-4H3,(H,22,26)(H,23,25). The summed E-state index contributed by atoms with van der Waals surface area (Å²) in [6.45, 7) is 4.71. The van der Waals surface area contributed by atoms with Crippen LogP contribution in [-0.2, 0) is 4.79 Å². The quantitative estimate of drug-likeness (QED) is 0.677. The molecule has 0 fully saturated rings. The molecule has 0 aliphatic rings. The third-order valence-corrected chi connectivity index (χ3v) is 4.80. The van der Waals surface area contributed by atoms with Crippen molar-refractivity contribution in [2.24, 2.45) is 5.92 Å². The van der Waals surface area contributed by atoms with Crippen LogP contribution < -0.4 is 15.5 Å². The first-order valence-corrected chi connectivity index (χ1v) is 9.92. The Balaban J connectivity index is 2.06. The van der Waals surface area contributed by atoms with Gasteiger partial charge in [0.05, 0.1) is 11.3 Å². The Morgan fingerprint density at radius 2 is 1.78 bits per heavy atom. The van der Waals surface area contributed by atoms with E-state index in [1.54, 1.807) is 6.07 Å². The summed E-state index contributed by atoms with van der Waals surface area (Å²) in [4.78, 5) is 27.8. The Kier molecular flexibility index (Phi) is 7.73. The second kappa shape index (κ2) is 10.0. The summed E-state index contributed by atoms with van der Waals surface area (Å²) in [5, 5.41) is 5.82. The number of hydrogen-bond donors (Lipinski definition) is 2. The van der Waals surface area contributed by atoms with Crippen LogP contribution in [0, 0.1) is 5.92 Å². The lowest BCUT2D eigenvalue weighted by atomic mass is 10.1. The number of carbonyl (C=O) groups excluding carboxylic acids is 2. The van der Waals surface area contributed by atoms with Crippen molar-refractivity contribution < 1.29 is 9.59 Å². The van der Waals surface area contributed by atoms with Gasteiger partial charge in [0.2, 0.25) is 5.91 Å². The van der Waals surface area contributed by atoms with Gasteiger partial charge in [0.15, 0.2) is 0 Å². The average Bonchev–Trinajstić information content (AvgIpc) is 2.65.